The van der Waals surface area contributed by atoms with E-state index in [9.17, 15) is 0 Å². The molecule has 0 atom stereocenters. The van der Waals surface area contributed by atoms with E-state index < -0.39 is 0 Å². The first-order chi connectivity index (χ1) is 8.61. The van der Waals surface area contributed by atoms with E-state index in [4.69, 9.17) is 5.73 Å². The lowest BCUT2D eigenvalue weighted by Crippen LogP contribution is -2.42. The van der Waals surface area contributed by atoms with Crippen LogP contribution in [0.15, 0.2) is 6.20 Å². The number of piperidine rings is 1. The van der Waals surface area contributed by atoms with E-state index in [1.54, 1.807) is 0 Å². The highest BCUT2D eigenvalue weighted by Crippen LogP contribution is 2.19. The number of aryl methyl sites for hydroxylation is 1. The van der Waals surface area contributed by atoms with E-state index in [0.717, 1.165) is 30.3 Å². The minimum atomic E-state index is 0.504. The summed E-state index contributed by atoms with van der Waals surface area (Å²) in [6, 6.07) is 0.546. The summed E-state index contributed by atoms with van der Waals surface area (Å²) >= 11 is 0. The van der Waals surface area contributed by atoms with E-state index in [1.807, 2.05) is 13.1 Å². The average molecular weight is 249 g/mol. The van der Waals surface area contributed by atoms with Crippen LogP contribution in [0.25, 0.3) is 0 Å². The third-order valence-corrected chi connectivity index (χ3v) is 3.84. The van der Waals surface area contributed by atoms with E-state index in [0.29, 0.717) is 12.6 Å². The molecule has 2 rings (SSSR count). The van der Waals surface area contributed by atoms with Gasteiger partial charge in [0.1, 0.15) is 0 Å². The number of anilines is 1. The topological polar surface area (TPSA) is 58.3 Å². The van der Waals surface area contributed by atoms with Crippen LogP contribution in [-0.4, -0.2) is 48.1 Å². The predicted molar refractivity (Wildman–Crippen MR) is 73.6 cm³/mol. The summed E-state index contributed by atoms with van der Waals surface area (Å²) in [7, 11) is 4.26. The first kappa shape index (κ1) is 13.2. The van der Waals surface area contributed by atoms with Gasteiger partial charge in [-0.1, -0.05) is 0 Å². The number of aromatic nitrogens is 2. The first-order valence-electron chi connectivity index (χ1n) is 6.55. The van der Waals surface area contributed by atoms with Crippen molar-refractivity contribution in [3.63, 3.8) is 0 Å². The van der Waals surface area contributed by atoms with Crippen molar-refractivity contribution < 1.29 is 0 Å². The first-order valence-corrected chi connectivity index (χ1v) is 6.55. The highest BCUT2D eigenvalue weighted by atomic mass is 15.3. The van der Waals surface area contributed by atoms with Crippen LogP contribution in [0.5, 0.6) is 0 Å². The smallest absolute Gasteiger partial charge is 0.225 e. The maximum Gasteiger partial charge on any atom is 0.225 e. The molecule has 2 N–H and O–H groups in total. The van der Waals surface area contributed by atoms with Crippen LogP contribution in [0.1, 0.15) is 24.1 Å². The number of hydrogen-bond donors (Lipinski definition) is 1. The monoisotopic (exact) mass is 249 g/mol. The number of rotatable bonds is 3. The molecule has 0 bridgehead atoms. The van der Waals surface area contributed by atoms with Gasteiger partial charge in [0.25, 0.3) is 0 Å². The van der Waals surface area contributed by atoms with Gasteiger partial charge >= 0.3 is 0 Å². The van der Waals surface area contributed by atoms with Gasteiger partial charge in [-0.3, -0.25) is 0 Å². The summed E-state index contributed by atoms with van der Waals surface area (Å²) in [5.41, 5.74) is 7.65. The van der Waals surface area contributed by atoms with Crippen LogP contribution in [0, 0.1) is 6.92 Å². The summed E-state index contributed by atoms with van der Waals surface area (Å²) in [5.74, 6) is 0.819. The zero-order valence-corrected chi connectivity index (χ0v) is 11.6. The van der Waals surface area contributed by atoms with Crippen LogP contribution >= 0.6 is 0 Å². The summed E-state index contributed by atoms with van der Waals surface area (Å²) in [4.78, 5) is 13.6. The van der Waals surface area contributed by atoms with Crippen LogP contribution in [0.2, 0.25) is 0 Å². The molecule has 0 unspecified atom stereocenters. The molecule has 0 radical (unpaired) electrons. The minimum Gasteiger partial charge on any atom is -0.341 e. The van der Waals surface area contributed by atoms with Crippen molar-refractivity contribution in [2.45, 2.75) is 32.4 Å². The fraction of sp³-hybridized carbons (Fsp3) is 0.692. The lowest BCUT2D eigenvalue weighted by atomic mass is 10.0. The molecule has 18 heavy (non-hydrogen) atoms. The molecule has 0 aliphatic carbocycles. The van der Waals surface area contributed by atoms with Gasteiger partial charge in [0, 0.05) is 37.1 Å². The molecule has 1 fully saturated rings. The molecule has 1 saturated heterocycles. The van der Waals surface area contributed by atoms with E-state index >= 15 is 0 Å². The fourth-order valence-electron chi connectivity index (χ4n) is 2.40. The fourth-order valence-corrected chi connectivity index (χ4v) is 2.40. The Hall–Kier alpha value is -1.20. The molecule has 5 nitrogen and oxygen atoms in total. The highest BCUT2D eigenvalue weighted by molar-refractivity contribution is 5.33. The molecule has 1 aromatic rings. The van der Waals surface area contributed by atoms with Crippen molar-refractivity contribution in [3.05, 3.63) is 17.5 Å². The Kier molecular flexibility index (Phi) is 4.14. The van der Waals surface area contributed by atoms with Gasteiger partial charge in [0.2, 0.25) is 5.95 Å². The molecular weight excluding hydrogens is 226 g/mol. The molecule has 1 aromatic heterocycles. The van der Waals surface area contributed by atoms with Crippen molar-refractivity contribution in [3.8, 4) is 0 Å². The lowest BCUT2D eigenvalue weighted by molar-refractivity contribution is 0.252. The minimum absolute atomic E-state index is 0.504. The van der Waals surface area contributed by atoms with E-state index in [1.165, 1.54) is 12.8 Å². The second kappa shape index (κ2) is 5.63. The Morgan fingerprint density at radius 1 is 1.44 bits per heavy atom. The summed E-state index contributed by atoms with van der Waals surface area (Å²) in [6.07, 6.45) is 4.20. The molecular formula is C13H23N5. The largest absolute Gasteiger partial charge is 0.341 e. The molecule has 0 amide bonds. The van der Waals surface area contributed by atoms with Gasteiger partial charge in [-0.15, -0.1) is 0 Å². The van der Waals surface area contributed by atoms with Crippen molar-refractivity contribution in [2.24, 2.45) is 5.73 Å². The van der Waals surface area contributed by atoms with Gasteiger partial charge in [-0.2, -0.15) is 0 Å². The van der Waals surface area contributed by atoms with Crippen molar-refractivity contribution >= 4 is 5.95 Å². The van der Waals surface area contributed by atoms with Gasteiger partial charge in [-0.25, -0.2) is 9.97 Å². The third-order valence-electron chi connectivity index (χ3n) is 3.84. The van der Waals surface area contributed by atoms with Crippen LogP contribution in [0.4, 0.5) is 5.95 Å². The maximum absolute atomic E-state index is 5.64. The number of nitrogens with zero attached hydrogens (tertiary/aromatic N) is 4. The van der Waals surface area contributed by atoms with Gasteiger partial charge in [0.05, 0.1) is 0 Å². The molecule has 2 heterocycles. The van der Waals surface area contributed by atoms with Gasteiger partial charge in [0.15, 0.2) is 0 Å². The van der Waals surface area contributed by atoms with Crippen LogP contribution < -0.4 is 10.6 Å². The zero-order valence-electron chi connectivity index (χ0n) is 11.6. The summed E-state index contributed by atoms with van der Waals surface area (Å²) in [6.45, 7) is 4.80. The Morgan fingerprint density at radius 2 is 2.11 bits per heavy atom. The molecule has 1 aliphatic heterocycles. The zero-order chi connectivity index (χ0) is 13.1. The third kappa shape index (κ3) is 2.79. The van der Waals surface area contributed by atoms with Crippen molar-refractivity contribution in [2.75, 3.05) is 32.1 Å². The van der Waals surface area contributed by atoms with E-state index in [2.05, 4.69) is 33.9 Å². The Morgan fingerprint density at radius 3 is 2.67 bits per heavy atom. The predicted octanol–water partition coefficient (Wildman–Crippen LogP) is 0.774. The van der Waals surface area contributed by atoms with Crippen molar-refractivity contribution in [1.82, 2.24) is 14.9 Å². The van der Waals surface area contributed by atoms with Gasteiger partial charge in [-0.05, 0) is 39.9 Å². The Bertz CT molecular complexity index is 398. The Labute approximate surface area is 109 Å². The van der Waals surface area contributed by atoms with E-state index in [-0.39, 0.29) is 0 Å². The molecule has 1 aliphatic rings. The van der Waals surface area contributed by atoms with Crippen LogP contribution in [0.3, 0.4) is 0 Å². The van der Waals surface area contributed by atoms with Crippen molar-refractivity contribution in [1.29, 1.82) is 0 Å². The summed E-state index contributed by atoms with van der Waals surface area (Å²) < 4.78 is 0. The summed E-state index contributed by atoms with van der Waals surface area (Å²) in [5, 5.41) is 0. The quantitative estimate of drug-likeness (QED) is 0.857. The number of hydrogen-bond acceptors (Lipinski definition) is 5. The second-order valence-corrected chi connectivity index (χ2v) is 5.13. The highest BCUT2D eigenvalue weighted by Gasteiger charge is 2.22. The molecule has 0 saturated carbocycles. The average Bonchev–Trinajstić information content (AvgIpc) is 2.38. The normalized spacial score (nSPS) is 18.0. The molecule has 0 spiro atoms. The lowest BCUT2D eigenvalue weighted by Gasteiger charge is -2.35. The van der Waals surface area contributed by atoms with Crippen LogP contribution in [-0.2, 0) is 6.54 Å². The molecule has 100 valence electrons. The Balaban J connectivity index is 2.08. The molecule has 5 heteroatoms. The SMILES string of the molecule is Cc1nc(N(C)C2CCN(C)CC2)ncc1CN. The molecule has 0 aromatic carbocycles. The number of nitrogens with two attached hydrogens (primary N) is 1. The second-order valence-electron chi connectivity index (χ2n) is 5.13. The van der Waals surface area contributed by atoms with Gasteiger partial charge < -0.3 is 15.5 Å². The maximum atomic E-state index is 5.64. The standard InChI is InChI=1S/C13H23N5/c1-10-11(8-14)9-15-13(16-10)18(3)12-4-6-17(2)7-5-12/h9,12H,4-8,14H2,1-3H3. The number of likely N-dealkylation sites (tertiary alicyclic amines) is 1.